The summed E-state index contributed by atoms with van der Waals surface area (Å²) >= 11 is 0. The maximum atomic E-state index is 13.6. The van der Waals surface area contributed by atoms with Crippen molar-refractivity contribution in [2.45, 2.75) is 53.0 Å². The third-order valence-corrected chi connectivity index (χ3v) is 3.36. The van der Waals surface area contributed by atoms with Gasteiger partial charge >= 0.3 is 0 Å². The van der Waals surface area contributed by atoms with E-state index in [4.69, 9.17) is 5.84 Å². The van der Waals surface area contributed by atoms with Gasteiger partial charge in [0.2, 0.25) is 0 Å². The number of hydrogen-bond acceptors (Lipinski definition) is 2. The van der Waals surface area contributed by atoms with Crippen molar-refractivity contribution in [2.24, 2.45) is 17.2 Å². The number of halogens is 2. The van der Waals surface area contributed by atoms with E-state index in [-0.39, 0.29) is 17.3 Å². The van der Waals surface area contributed by atoms with Crippen molar-refractivity contribution in [3.05, 3.63) is 35.4 Å². The normalized spacial score (nSPS) is 15.2. The summed E-state index contributed by atoms with van der Waals surface area (Å²) in [5, 5.41) is 0. The van der Waals surface area contributed by atoms with E-state index in [0.717, 1.165) is 25.0 Å². The molecule has 2 atom stereocenters. The van der Waals surface area contributed by atoms with Crippen LogP contribution in [0.15, 0.2) is 18.2 Å². The summed E-state index contributed by atoms with van der Waals surface area (Å²) in [6.45, 7) is 8.75. The Balaban J connectivity index is 2.65. The molecule has 0 bridgehead atoms. The van der Waals surface area contributed by atoms with Crippen LogP contribution in [0.3, 0.4) is 0 Å². The molecule has 3 N–H and O–H groups in total. The Hall–Kier alpha value is -1.00. The van der Waals surface area contributed by atoms with E-state index in [1.807, 2.05) is 0 Å². The summed E-state index contributed by atoms with van der Waals surface area (Å²) in [7, 11) is 0. The monoisotopic (exact) mass is 284 g/mol. The number of benzene rings is 1. The highest BCUT2D eigenvalue weighted by atomic mass is 19.1. The molecule has 1 aromatic rings. The number of nitrogens with one attached hydrogen (secondary N) is 1. The Morgan fingerprint density at radius 2 is 1.90 bits per heavy atom. The molecule has 0 aliphatic rings. The highest BCUT2D eigenvalue weighted by molar-refractivity contribution is 5.19. The second kappa shape index (κ2) is 7.14. The molecule has 0 aliphatic heterocycles. The average Bonchev–Trinajstić information content (AvgIpc) is 2.30. The molecule has 2 unspecified atom stereocenters. The predicted octanol–water partition coefficient (Wildman–Crippen LogP) is 3.80. The van der Waals surface area contributed by atoms with Gasteiger partial charge in [-0.1, -0.05) is 27.7 Å². The van der Waals surface area contributed by atoms with Crippen LogP contribution in [0.1, 0.15) is 46.1 Å². The quantitative estimate of drug-likeness (QED) is 0.616. The van der Waals surface area contributed by atoms with E-state index >= 15 is 0 Å². The van der Waals surface area contributed by atoms with Crippen molar-refractivity contribution in [2.75, 3.05) is 0 Å². The van der Waals surface area contributed by atoms with E-state index in [2.05, 4.69) is 33.1 Å². The first-order chi connectivity index (χ1) is 9.21. The van der Waals surface area contributed by atoms with E-state index in [1.54, 1.807) is 0 Å². The van der Waals surface area contributed by atoms with Gasteiger partial charge in [0.15, 0.2) is 0 Å². The van der Waals surface area contributed by atoms with Gasteiger partial charge in [-0.2, -0.15) is 0 Å². The Labute approximate surface area is 120 Å². The van der Waals surface area contributed by atoms with Gasteiger partial charge in [-0.3, -0.25) is 11.3 Å². The molecule has 20 heavy (non-hydrogen) atoms. The SMILES string of the molecule is CC(CC(Cc1cc(F)ccc1F)NN)CC(C)(C)C. The molecule has 4 heteroatoms. The Bertz CT molecular complexity index is 427. The fraction of sp³-hybridized carbons (Fsp3) is 0.625. The van der Waals surface area contributed by atoms with Gasteiger partial charge in [0.05, 0.1) is 0 Å². The molecular formula is C16H26F2N2. The van der Waals surface area contributed by atoms with Crippen LogP contribution in [-0.2, 0) is 6.42 Å². The fourth-order valence-corrected chi connectivity index (χ4v) is 2.79. The summed E-state index contributed by atoms with van der Waals surface area (Å²) in [6.07, 6.45) is 2.30. The molecule has 0 spiro atoms. The minimum Gasteiger partial charge on any atom is -0.271 e. The van der Waals surface area contributed by atoms with Crippen LogP contribution in [0.5, 0.6) is 0 Å². The second-order valence-corrected chi connectivity index (χ2v) is 6.91. The zero-order valence-corrected chi connectivity index (χ0v) is 12.8. The summed E-state index contributed by atoms with van der Waals surface area (Å²) in [6, 6.07) is 3.49. The minimum absolute atomic E-state index is 0.0522. The van der Waals surface area contributed by atoms with Gasteiger partial charge in [-0.25, -0.2) is 8.78 Å². The predicted molar refractivity (Wildman–Crippen MR) is 79.0 cm³/mol. The largest absolute Gasteiger partial charge is 0.271 e. The van der Waals surface area contributed by atoms with Crippen molar-refractivity contribution in [1.29, 1.82) is 0 Å². The molecule has 1 rings (SSSR count). The number of hydrogen-bond donors (Lipinski definition) is 2. The van der Waals surface area contributed by atoms with Crippen LogP contribution < -0.4 is 11.3 Å². The van der Waals surface area contributed by atoms with Crippen molar-refractivity contribution in [3.8, 4) is 0 Å². The minimum atomic E-state index is -0.417. The Morgan fingerprint density at radius 3 is 2.45 bits per heavy atom. The number of nitrogens with two attached hydrogens (primary N) is 1. The molecule has 2 nitrogen and oxygen atoms in total. The van der Waals surface area contributed by atoms with Crippen LogP contribution in [0.2, 0.25) is 0 Å². The lowest BCUT2D eigenvalue weighted by Crippen LogP contribution is -2.38. The highest BCUT2D eigenvalue weighted by Crippen LogP contribution is 2.27. The molecule has 0 aliphatic carbocycles. The molecule has 1 aromatic carbocycles. The first kappa shape index (κ1) is 17.1. The lowest BCUT2D eigenvalue weighted by molar-refractivity contribution is 0.274. The van der Waals surface area contributed by atoms with Crippen molar-refractivity contribution in [1.82, 2.24) is 5.43 Å². The fourth-order valence-electron chi connectivity index (χ4n) is 2.79. The number of rotatable bonds is 6. The molecule has 0 saturated heterocycles. The van der Waals surface area contributed by atoms with E-state index in [1.165, 1.54) is 6.07 Å². The molecular weight excluding hydrogens is 258 g/mol. The van der Waals surface area contributed by atoms with Crippen LogP contribution in [0.4, 0.5) is 8.78 Å². The van der Waals surface area contributed by atoms with E-state index in [0.29, 0.717) is 17.9 Å². The molecule has 0 saturated carbocycles. The lowest BCUT2D eigenvalue weighted by Gasteiger charge is -2.26. The van der Waals surface area contributed by atoms with Gasteiger partial charge < -0.3 is 0 Å². The Kier molecular flexibility index (Phi) is 6.08. The van der Waals surface area contributed by atoms with Crippen LogP contribution >= 0.6 is 0 Å². The molecule has 114 valence electrons. The van der Waals surface area contributed by atoms with Crippen molar-refractivity contribution < 1.29 is 8.78 Å². The standard InChI is InChI=1S/C16H26F2N2/c1-11(10-16(2,3)4)7-14(20-19)9-12-8-13(17)5-6-15(12)18/h5-6,8,11,14,20H,7,9-10,19H2,1-4H3. The number of hydrazine groups is 1. The van der Waals surface area contributed by atoms with Gasteiger partial charge in [-0.15, -0.1) is 0 Å². The van der Waals surface area contributed by atoms with Gasteiger partial charge in [-0.05, 0) is 54.4 Å². The summed E-state index contributed by atoms with van der Waals surface area (Å²) in [5.41, 5.74) is 3.35. The first-order valence-corrected chi connectivity index (χ1v) is 7.11. The molecule has 0 aromatic heterocycles. The lowest BCUT2D eigenvalue weighted by atomic mass is 9.82. The summed E-state index contributed by atoms with van der Waals surface area (Å²) in [4.78, 5) is 0. The van der Waals surface area contributed by atoms with Gasteiger partial charge in [0.1, 0.15) is 11.6 Å². The zero-order valence-electron chi connectivity index (χ0n) is 12.8. The highest BCUT2D eigenvalue weighted by Gasteiger charge is 2.19. The van der Waals surface area contributed by atoms with Crippen LogP contribution in [0, 0.1) is 23.0 Å². The van der Waals surface area contributed by atoms with Crippen molar-refractivity contribution >= 4 is 0 Å². The molecule has 0 amide bonds. The van der Waals surface area contributed by atoms with E-state index < -0.39 is 5.82 Å². The Morgan fingerprint density at radius 1 is 1.25 bits per heavy atom. The zero-order chi connectivity index (χ0) is 15.3. The molecule has 0 heterocycles. The maximum absolute atomic E-state index is 13.6. The van der Waals surface area contributed by atoms with Crippen LogP contribution in [-0.4, -0.2) is 6.04 Å². The third-order valence-electron chi connectivity index (χ3n) is 3.36. The maximum Gasteiger partial charge on any atom is 0.126 e. The third kappa shape index (κ3) is 5.97. The van der Waals surface area contributed by atoms with E-state index in [9.17, 15) is 8.78 Å². The first-order valence-electron chi connectivity index (χ1n) is 7.11. The smallest absolute Gasteiger partial charge is 0.126 e. The van der Waals surface area contributed by atoms with Gasteiger partial charge in [0, 0.05) is 6.04 Å². The van der Waals surface area contributed by atoms with Crippen molar-refractivity contribution in [3.63, 3.8) is 0 Å². The average molecular weight is 284 g/mol. The second-order valence-electron chi connectivity index (χ2n) is 6.91. The van der Waals surface area contributed by atoms with Crippen LogP contribution in [0.25, 0.3) is 0 Å². The molecule has 0 radical (unpaired) electrons. The topological polar surface area (TPSA) is 38.0 Å². The molecule has 0 fully saturated rings. The van der Waals surface area contributed by atoms with Gasteiger partial charge in [0.25, 0.3) is 0 Å². The summed E-state index contributed by atoms with van der Waals surface area (Å²) in [5.74, 6) is 5.22. The summed E-state index contributed by atoms with van der Waals surface area (Å²) < 4.78 is 26.8.